The first-order chi connectivity index (χ1) is 5.88. The fourth-order valence-electron chi connectivity index (χ4n) is 1.79. The summed E-state index contributed by atoms with van der Waals surface area (Å²) in [5.41, 5.74) is 0. The van der Waals surface area contributed by atoms with Crippen molar-refractivity contribution in [1.29, 1.82) is 0 Å². The van der Waals surface area contributed by atoms with Crippen LogP contribution in [0.3, 0.4) is 0 Å². The van der Waals surface area contributed by atoms with Crippen LogP contribution in [-0.4, -0.2) is 61.7 Å². The highest BCUT2D eigenvalue weighted by Gasteiger charge is 2.32. The van der Waals surface area contributed by atoms with Crippen molar-refractivity contribution in [2.75, 3.05) is 39.5 Å². The van der Waals surface area contributed by atoms with Gasteiger partial charge in [-0.1, -0.05) is 0 Å². The van der Waals surface area contributed by atoms with E-state index in [4.69, 9.17) is 9.47 Å². The van der Waals surface area contributed by atoms with Gasteiger partial charge in [0.05, 0.1) is 38.6 Å². The summed E-state index contributed by atoms with van der Waals surface area (Å²) in [6, 6.07) is 0.203. The third-order valence-corrected chi connectivity index (χ3v) is 2.54. The lowest BCUT2D eigenvalue weighted by atomic mass is 10.2. The number of aliphatic hydroxyl groups is 1. The molecule has 0 aromatic carbocycles. The zero-order valence-electron chi connectivity index (χ0n) is 7.11. The molecule has 2 heterocycles. The quantitative estimate of drug-likeness (QED) is 0.557. The third kappa shape index (κ3) is 1.61. The Morgan fingerprint density at radius 3 is 2.42 bits per heavy atom. The van der Waals surface area contributed by atoms with E-state index in [1.165, 1.54) is 0 Å². The van der Waals surface area contributed by atoms with Gasteiger partial charge in [-0.15, -0.1) is 0 Å². The molecule has 70 valence electrons. The van der Waals surface area contributed by atoms with Crippen LogP contribution in [0.25, 0.3) is 0 Å². The monoisotopic (exact) mass is 173 g/mol. The molecule has 0 spiro atoms. The second-order valence-corrected chi connectivity index (χ2v) is 3.32. The number of morpholine rings is 1. The Hall–Kier alpha value is -0.160. The predicted molar refractivity (Wildman–Crippen MR) is 43.0 cm³/mol. The van der Waals surface area contributed by atoms with Crippen molar-refractivity contribution in [2.24, 2.45) is 0 Å². The van der Waals surface area contributed by atoms with Gasteiger partial charge in [-0.25, -0.2) is 0 Å². The highest BCUT2D eigenvalue weighted by atomic mass is 16.5. The molecular weight excluding hydrogens is 158 g/mol. The Labute approximate surface area is 72.1 Å². The summed E-state index contributed by atoms with van der Waals surface area (Å²) in [5.74, 6) is 0. The lowest BCUT2D eigenvalue weighted by Crippen LogP contribution is -2.48. The van der Waals surface area contributed by atoms with Gasteiger partial charge in [0.15, 0.2) is 0 Å². The Bertz CT molecular complexity index is 147. The van der Waals surface area contributed by atoms with Crippen molar-refractivity contribution >= 4 is 0 Å². The molecule has 0 amide bonds. The second kappa shape index (κ2) is 3.70. The van der Waals surface area contributed by atoms with Gasteiger partial charge in [0.25, 0.3) is 0 Å². The number of aliphatic hydroxyl groups excluding tert-OH is 1. The fourth-order valence-corrected chi connectivity index (χ4v) is 1.79. The minimum atomic E-state index is -0.303. The molecule has 2 aliphatic heterocycles. The van der Waals surface area contributed by atoms with E-state index in [0.29, 0.717) is 13.2 Å². The van der Waals surface area contributed by atoms with Gasteiger partial charge in [0.1, 0.15) is 0 Å². The van der Waals surface area contributed by atoms with Crippen LogP contribution in [0.1, 0.15) is 0 Å². The lowest BCUT2D eigenvalue weighted by molar-refractivity contribution is -0.00667. The average Bonchev–Trinajstić information content (AvgIpc) is 2.53. The van der Waals surface area contributed by atoms with Crippen LogP contribution in [0.5, 0.6) is 0 Å². The molecule has 1 N–H and O–H groups in total. The van der Waals surface area contributed by atoms with E-state index in [1.807, 2.05) is 0 Å². The molecule has 0 bridgehead atoms. The van der Waals surface area contributed by atoms with Crippen molar-refractivity contribution in [3.05, 3.63) is 0 Å². The van der Waals surface area contributed by atoms with Crippen molar-refractivity contribution in [2.45, 2.75) is 12.1 Å². The van der Waals surface area contributed by atoms with E-state index < -0.39 is 0 Å². The van der Waals surface area contributed by atoms with E-state index >= 15 is 0 Å². The second-order valence-electron chi connectivity index (χ2n) is 3.32. The highest BCUT2D eigenvalue weighted by Crippen LogP contribution is 2.14. The molecule has 0 aliphatic carbocycles. The van der Waals surface area contributed by atoms with E-state index in [-0.39, 0.29) is 12.1 Å². The first-order valence-electron chi connectivity index (χ1n) is 4.45. The molecule has 2 atom stereocenters. The van der Waals surface area contributed by atoms with Crippen LogP contribution in [-0.2, 0) is 9.47 Å². The van der Waals surface area contributed by atoms with Gasteiger partial charge in [-0.2, -0.15) is 0 Å². The summed E-state index contributed by atoms with van der Waals surface area (Å²) >= 11 is 0. The van der Waals surface area contributed by atoms with Gasteiger partial charge in [-0.3, -0.25) is 4.90 Å². The predicted octanol–water partition coefficient (Wildman–Crippen LogP) is -0.922. The van der Waals surface area contributed by atoms with E-state index in [0.717, 1.165) is 26.3 Å². The van der Waals surface area contributed by atoms with Crippen LogP contribution >= 0.6 is 0 Å². The Morgan fingerprint density at radius 1 is 1.08 bits per heavy atom. The summed E-state index contributed by atoms with van der Waals surface area (Å²) < 4.78 is 10.4. The van der Waals surface area contributed by atoms with E-state index in [1.54, 1.807) is 0 Å². The third-order valence-electron chi connectivity index (χ3n) is 2.54. The Kier molecular flexibility index (Phi) is 2.60. The maximum Gasteiger partial charge on any atom is 0.0950 e. The maximum absolute atomic E-state index is 9.53. The molecule has 2 aliphatic rings. The van der Waals surface area contributed by atoms with Crippen molar-refractivity contribution in [3.8, 4) is 0 Å². The first-order valence-corrected chi connectivity index (χ1v) is 4.45. The highest BCUT2D eigenvalue weighted by molar-refractivity contribution is 4.84. The summed E-state index contributed by atoms with van der Waals surface area (Å²) in [7, 11) is 0. The summed E-state index contributed by atoms with van der Waals surface area (Å²) in [4.78, 5) is 2.25. The Morgan fingerprint density at radius 2 is 1.83 bits per heavy atom. The zero-order valence-corrected chi connectivity index (χ0v) is 7.11. The van der Waals surface area contributed by atoms with Gasteiger partial charge in [0, 0.05) is 13.1 Å². The smallest absolute Gasteiger partial charge is 0.0950 e. The molecule has 0 radical (unpaired) electrons. The maximum atomic E-state index is 9.53. The lowest BCUT2D eigenvalue weighted by Gasteiger charge is -2.32. The summed E-state index contributed by atoms with van der Waals surface area (Å²) in [6.45, 7) is 4.56. The fraction of sp³-hybridized carbons (Fsp3) is 1.00. The SMILES string of the molecule is O[C@@H]1COC[C@H]1N1CCOCC1. The van der Waals surface area contributed by atoms with Crippen LogP contribution < -0.4 is 0 Å². The van der Waals surface area contributed by atoms with E-state index in [2.05, 4.69) is 4.90 Å². The molecule has 12 heavy (non-hydrogen) atoms. The van der Waals surface area contributed by atoms with Gasteiger partial charge < -0.3 is 14.6 Å². The van der Waals surface area contributed by atoms with Gasteiger partial charge in [-0.05, 0) is 0 Å². The molecule has 0 saturated carbocycles. The van der Waals surface area contributed by atoms with Crippen LogP contribution in [0.15, 0.2) is 0 Å². The first kappa shape index (κ1) is 8.44. The average molecular weight is 173 g/mol. The van der Waals surface area contributed by atoms with Crippen LogP contribution in [0.2, 0.25) is 0 Å². The minimum absolute atomic E-state index is 0.203. The number of nitrogens with zero attached hydrogens (tertiary/aromatic N) is 1. The number of hydrogen-bond acceptors (Lipinski definition) is 4. The molecule has 4 nitrogen and oxygen atoms in total. The topological polar surface area (TPSA) is 41.9 Å². The van der Waals surface area contributed by atoms with Crippen molar-refractivity contribution in [3.63, 3.8) is 0 Å². The minimum Gasteiger partial charge on any atom is -0.389 e. The molecule has 2 fully saturated rings. The van der Waals surface area contributed by atoms with Crippen molar-refractivity contribution < 1.29 is 14.6 Å². The summed E-state index contributed by atoms with van der Waals surface area (Å²) in [5, 5.41) is 9.53. The molecular formula is C8H15NO3. The molecule has 0 aromatic rings. The molecule has 2 saturated heterocycles. The number of hydrogen-bond donors (Lipinski definition) is 1. The standard InChI is InChI=1S/C8H15NO3/c10-8-6-12-5-7(8)9-1-3-11-4-2-9/h7-8,10H,1-6H2/t7-,8-/m1/s1. The normalized spacial score (nSPS) is 38.8. The van der Waals surface area contributed by atoms with Crippen LogP contribution in [0, 0.1) is 0 Å². The van der Waals surface area contributed by atoms with Gasteiger partial charge in [0.2, 0.25) is 0 Å². The van der Waals surface area contributed by atoms with E-state index in [9.17, 15) is 5.11 Å². The summed E-state index contributed by atoms with van der Waals surface area (Å²) in [6.07, 6.45) is -0.303. The van der Waals surface area contributed by atoms with Gasteiger partial charge >= 0.3 is 0 Å². The molecule has 0 aromatic heterocycles. The number of rotatable bonds is 1. The Balaban J connectivity index is 1.89. The molecule has 4 heteroatoms. The largest absolute Gasteiger partial charge is 0.389 e. The number of ether oxygens (including phenoxy) is 2. The van der Waals surface area contributed by atoms with Crippen molar-refractivity contribution in [1.82, 2.24) is 4.90 Å². The van der Waals surface area contributed by atoms with Crippen LogP contribution in [0.4, 0.5) is 0 Å². The molecule has 0 unspecified atom stereocenters. The zero-order chi connectivity index (χ0) is 8.39. The molecule has 2 rings (SSSR count).